The molecule has 1 saturated heterocycles. The molecule has 1 heterocycles. The fraction of sp³-hybridized carbons (Fsp3) is 0.692. The third-order valence-electron chi connectivity index (χ3n) is 3.97. The van der Waals surface area contributed by atoms with Crippen LogP contribution < -0.4 is 99.3 Å². The van der Waals surface area contributed by atoms with Gasteiger partial charge in [0, 0.05) is 5.57 Å². The first-order valence-electron chi connectivity index (χ1n) is 8.66. The summed E-state index contributed by atoms with van der Waals surface area (Å²) in [5, 5.41) is 11.1. The zero-order valence-corrected chi connectivity index (χ0v) is 28.5. The molecule has 1 fully saturated rings. The molecule has 0 saturated carbocycles. The van der Waals surface area contributed by atoms with Crippen LogP contribution in [-0.4, -0.2) is 88.3 Å². The van der Waals surface area contributed by atoms with Gasteiger partial charge in [0.25, 0.3) is 5.91 Å². The summed E-state index contributed by atoms with van der Waals surface area (Å²) in [4.78, 5) is 27.9. The molecule has 0 aromatic rings. The summed E-state index contributed by atoms with van der Waals surface area (Å²) < 4.78 is 117. The summed E-state index contributed by atoms with van der Waals surface area (Å²) in [5.74, 6) is -7.11. The number of hydroxylamine groups is 1. The summed E-state index contributed by atoms with van der Waals surface area (Å²) in [5.41, 5.74) is 1.12. The van der Waals surface area contributed by atoms with E-state index in [1.54, 1.807) is 5.48 Å². The van der Waals surface area contributed by atoms with E-state index in [9.17, 15) is 49.1 Å². The summed E-state index contributed by atoms with van der Waals surface area (Å²) in [6.45, 7) is 1.34. The van der Waals surface area contributed by atoms with Crippen LogP contribution in [0.2, 0.25) is 0 Å². The molecule has 24 heteroatoms. The maximum absolute atomic E-state index is 12.5. The van der Waals surface area contributed by atoms with Gasteiger partial charge in [-0.3, -0.25) is 18.4 Å². The Morgan fingerprint density at radius 1 is 1.03 bits per heavy atom. The largest absolute Gasteiger partial charge is 1.00 e. The van der Waals surface area contributed by atoms with Crippen molar-refractivity contribution < 1.29 is 165 Å². The van der Waals surface area contributed by atoms with Gasteiger partial charge in [-0.1, -0.05) is 6.92 Å². The summed E-state index contributed by atoms with van der Waals surface area (Å²) in [7, 11) is -15.8. The second kappa shape index (κ2) is 17.8. The van der Waals surface area contributed by atoms with Crippen LogP contribution in [0.15, 0.2) is 11.8 Å². The summed E-state index contributed by atoms with van der Waals surface area (Å²) in [6.07, 6.45) is -9.55. The predicted octanol–water partition coefficient (Wildman–Crippen LogP) is -13.3. The van der Waals surface area contributed by atoms with Gasteiger partial charge in [0.05, 0.1) is 35.2 Å². The molecule has 2 N–H and O–H groups in total. The number of carbonyl (C=O) groups excluding carboxylic acids is 2. The zero-order chi connectivity index (χ0) is 26.5. The van der Waals surface area contributed by atoms with Crippen LogP contribution in [0, 0.1) is 5.92 Å². The van der Waals surface area contributed by atoms with E-state index in [2.05, 4.69) is 13.2 Å². The molecule has 198 valence electrons. The van der Waals surface area contributed by atoms with E-state index >= 15 is 0 Å². The fourth-order valence-electron chi connectivity index (χ4n) is 2.73. The molecule has 0 aromatic heterocycles. The minimum absolute atomic E-state index is 0. The van der Waals surface area contributed by atoms with E-state index < -0.39 is 84.6 Å². The Labute approximate surface area is 278 Å². The maximum atomic E-state index is 12.5. The van der Waals surface area contributed by atoms with Crippen LogP contribution >= 0.6 is 0 Å². The van der Waals surface area contributed by atoms with Crippen LogP contribution in [0.3, 0.4) is 0 Å². The number of carboxylic acids is 1. The first-order valence-corrected chi connectivity index (χ1v) is 12.9. The molecule has 4 unspecified atom stereocenters. The van der Waals surface area contributed by atoms with Gasteiger partial charge in [-0.15, -0.1) is 0 Å². The Hall–Kier alpha value is 1.05. The Morgan fingerprint density at radius 2 is 1.57 bits per heavy atom. The number of hydrogen-bond acceptors (Lipinski definition) is 16. The molecule has 0 aliphatic carbocycles. The van der Waals surface area contributed by atoms with Crippen molar-refractivity contribution in [2.24, 2.45) is 5.92 Å². The molecular formula is C13H18NNa3O17S3. The van der Waals surface area contributed by atoms with Crippen LogP contribution in [0.25, 0.3) is 0 Å². The molecule has 0 bridgehead atoms. The number of nitrogens with one attached hydrogen (secondary N) is 1. The summed E-state index contributed by atoms with van der Waals surface area (Å²) >= 11 is 0. The first-order chi connectivity index (χ1) is 15.4. The van der Waals surface area contributed by atoms with E-state index in [0.717, 1.165) is 7.11 Å². The number of amides is 1. The molecule has 0 radical (unpaired) electrons. The van der Waals surface area contributed by atoms with Gasteiger partial charge in [0.2, 0.25) is 16.7 Å². The van der Waals surface area contributed by atoms with Crippen molar-refractivity contribution in [2.45, 2.75) is 37.9 Å². The van der Waals surface area contributed by atoms with Crippen molar-refractivity contribution in [1.82, 2.24) is 5.48 Å². The van der Waals surface area contributed by atoms with Gasteiger partial charge in [-0.25, -0.2) is 26.5 Å². The molecule has 0 spiro atoms. The van der Waals surface area contributed by atoms with Crippen LogP contribution in [-0.2, 0) is 63.2 Å². The number of ether oxygens (including phenoxy) is 2. The van der Waals surface area contributed by atoms with E-state index in [4.69, 9.17) is 14.0 Å². The van der Waals surface area contributed by atoms with E-state index in [1.165, 1.54) is 6.92 Å². The minimum atomic E-state index is -5.81. The van der Waals surface area contributed by atoms with E-state index in [0.29, 0.717) is 6.26 Å². The van der Waals surface area contributed by atoms with Gasteiger partial charge in [-0.05, 0) is 6.42 Å². The maximum Gasteiger partial charge on any atom is 1.00 e. The van der Waals surface area contributed by atoms with Gasteiger partial charge >= 0.3 is 99.1 Å². The number of aliphatic carboxylic acids is 1. The molecule has 37 heavy (non-hydrogen) atoms. The second-order valence-corrected chi connectivity index (χ2v) is 9.85. The Bertz CT molecular complexity index is 1110. The van der Waals surface area contributed by atoms with E-state index in [1.807, 2.05) is 0 Å². The molecular weight excluding hydrogens is 607 g/mol. The molecule has 1 aliphatic rings. The fourth-order valence-corrected chi connectivity index (χ4v) is 4.42. The third kappa shape index (κ3) is 15.6. The summed E-state index contributed by atoms with van der Waals surface area (Å²) in [6, 6.07) is 0. The zero-order valence-electron chi connectivity index (χ0n) is 20.1. The predicted molar refractivity (Wildman–Crippen MR) is 97.3 cm³/mol. The van der Waals surface area contributed by atoms with Crippen LogP contribution in [0.5, 0.6) is 0 Å². The van der Waals surface area contributed by atoms with Crippen molar-refractivity contribution in [3.8, 4) is 0 Å². The Kier molecular flexibility index (Phi) is 20.4. The topological polar surface area (TPSA) is 284 Å². The molecule has 1 aliphatic heterocycles. The molecule has 18 nitrogen and oxygen atoms in total. The SMILES string of the molecule is CCC(=CO[C@H]1OC(CS(=O)(=O)[O-])C(OS(=O)(=O)[O-])C(OS(=O)(=O)O)C1C(=O)NOC)C(=O)[O-].[Na+].[Na+].[Na+]. The number of carbonyl (C=O) groups is 2. The van der Waals surface area contributed by atoms with Crippen molar-refractivity contribution in [3.05, 3.63) is 11.8 Å². The molecule has 1 amide bonds. The Balaban J connectivity index is -0.00000385. The molecule has 0 aromatic carbocycles. The number of hydrogen-bond donors (Lipinski definition) is 2. The minimum Gasteiger partial charge on any atom is -0.748 e. The quantitative estimate of drug-likeness (QED) is 0.0508. The van der Waals surface area contributed by atoms with Crippen molar-refractivity contribution >= 4 is 42.8 Å². The van der Waals surface area contributed by atoms with Gasteiger partial charge in [0.1, 0.15) is 24.2 Å². The van der Waals surface area contributed by atoms with Gasteiger partial charge in [-0.2, -0.15) is 8.42 Å². The molecule has 5 atom stereocenters. The van der Waals surface area contributed by atoms with Gasteiger partial charge in [0.15, 0.2) is 0 Å². The van der Waals surface area contributed by atoms with Crippen molar-refractivity contribution in [1.29, 1.82) is 0 Å². The normalized spacial score (nSPS) is 24.5. The smallest absolute Gasteiger partial charge is 0.748 e. The second-order valence-electron chi connectivity index (χ2n) is 6.34. The number of carboxylic acid groups (broad SMARTS) is 1. The monoisotopic (exact) mass is 625 g/mol. The first kappa shape index (κ1) is 42.5. The average molecular weight is 625 g/mol. The molecule has 1 rings (SSSR count). The average Bonchev–Trinajstić information content (AvgIpc) is 2.61. The van der Waals surface area contributed by atoms with Crippen molar-refractivity contribution in [2.75, 3.05) is 12.9 Å². The number of rotatable bonds is 12. The van der Waals surface area contributed by atoms with Crippen LogP contribution in [0.1, 0.15) is 13.3 Å². The van der Waals surface area contributed by atoms with Crippen LogP contribution in [0.4, 0.5) is 0 Å². The van der Waals surface area contributed by atoms with E-state index in [-0.39, 0.29) is 95.1 Å². The van der Waals surface area contributed by atoms with Gasteiger partial charge < -0.3 is 28.5 Å². The Morgan fingerprint density at radius 3 is 1.95 bits per heavy atom. The van der Waals surface area contributed by atoms with Crippen molar-refractivity contribution in [3.63, 3.8) is 0 Å². The standard InChI is InChI=1S/C13H21NO17S3.3Na/c1-3-6(12(16)17)4-28-13-8(11(15)14-27-2)10(31-34(24,25)26)9(30-33(21,22)23)7(29-13)5-32(18,19)20;;;/h4,7-10,13H,3,5H2,1-2H3,(H,14,15)(H,16,17)(H,18,19,20)(H,21,22,23)(H,24,25,26);;;/q;3*+1/p-3/t7?,8?,9?,10?,13-;;;/m0.../s1. The third-order valence-corrected chi connectivity index (χ3v) is 5.63.